The van der Waals surface area contributed by atoms with E-state index in [2.05, 4.69) is 32.5 Å². The lowest BCUT2D eigenvalue weighted by Gasteiger charge is -2.16. The zero-order valence-electron chi connectivity index (χ0n) is 20.2. The van der Waals surface area contributed by atoms with Gasteiger partial charge in [0.25, 0.3) is 0 Å². The molecule has 0 saturated heterocycles. The van der Waals surface area contributed by atoms with Gasteiger partial charge in [0.1, 0.15) is 18.1 Å². The molecule has 2 heterocycles. The number of hydrogen-bond acceptors (Lipinski definition) is 8. The molecule has 182 valence electrons. The summed E-state index contributed by atoms with van der Waals surface area (Å²) in [5.74, 6) is 3.23. The fourth-order valence-corrected chi connectivity index (χ4v) is 4.71. The van der Waals surface area contributed by atoms with Crippen molar-refractivity contribution in [3.63, 3.8) is 0 Å². The van der Waals surface area contributed by atoms with Gasteiger partial charge in [0.2, 0.25) is 5.89 Å². The van der Waals surface area contributed by atoms with Gasteiger partial charge in [-0.15, -0.1) is 10.2 Å². The SMILES string of the molecule is COc1ccccc1-n1c(COc2ccccc2-c2ccccc2)nnc1S[C@H](C)c1nc(C)no1. The third-order valence-electron chi connectivity index (χ3n) is 5.53. The van der Waals surface area contributed by atoms with Crippen molar-refractivity contribution in [3.8, 4) is 28.3 Å². The van der Waals surface area contributed by atoms with Crippen LogP contribution in [0, 0.1) is 6.92 Å². The second kappa shape index (κ2) is 10.7. The monoisotopic (exact) mass is 499 g/mol. The first-order chi connectivity index (χ1) is 17.6. The molecular formula is C27H25N5O3S. The molecule has 5 aromatic rings. The summed E-state index contributed by atoms with van der Waals surface area (Å²) >= 11 is 1.48. The molecule has 0 aliphatic rings. The van der Waals surface area contributed by atoms with Gasteiger partial charge in [-0.25, -0.2) is 0 Å². The molecule has 1 atom stereocenters. The smallest absolute Gasteiger partial charge is 0.239 e. The first-order valence-electron chi connectivity index (χ1n) is 11.5. The summed E-state index contributed by atoms with van der Waals surface area (Å²) in [6.07, 6.45) is 0. The standard InChI is InChI=1S/C27H25N5O3S/c1-18(26-28-19(2)31-35-26)36-27-30-29-25(32(27)22-14-8-10-16-24(22)33-3)17-34-23-15-9-7-13-21(23)20-11-5-4-6-12-20/h4-16,18H,17H2,1-3H3/t18-/m1/s1. The van der Waals surface area contributed by atoms with E-state index in [0.29, 0.717) is 28.4 Å². The number of nitrogens with zero attached hydrogens (tertiary/aromatic N) is 5. The number of rotatable bonds is 9. The Hall–Kier alpha value is -4.11. The summed E-state index contributed by atoms with van der Waals surface area (Å²) in [5, 5.41) is 13.4. The fraction of sp³-hybridized carbons (Fsp3) is 0.185. The normalized spacial score (nSPS) is 11.9. The van der Waals surface area contributed by atoms with Crippen LogP contribution in [0.15, 0.2) is 88.5 Å². The Balaban J connectivity index is 1.48. The van der Waals surface area contributed by atoms with E-state index in [1.54, 1.807) is 14.0 Å². The van der Waals surface area contributed by atoms with Crippen molar-refractivity contribution in [1.29, 1.82) is 0 Å². The maximum absolute atomic E-state index is 6.31. The Bertz CT molecular complexity index is 1450. The van der Waals surface area contributed by atoms with E-state index in [1.807, 2.05) is 78.2 Å². The molecule has 0 radical (unpaired) electrons. The topological polar surface area (TPSA) is 88.1 Å². The summed E-state index contributed by atoms with van der Waals surface area (Å²) in [6, 6.07) is 25.9. The Morgan fingerprint density at radius 2 is 1.64 bits per heavy atom. The van der Waals surface area contributed by atoms with E-state index < -0.39 is 0 Å². The van der Waals surface area contributed by atoms with E-state index in [4.69, 9.17) is 14.0 Å². The molecule has 0 aliphatic carbocycles. The van der Waals surface area contributed by atoms with E-state index in [0.717, 1.165) is 22.6 Å². The number of ether oxygens (including phenoxy) is 2. The van der Waals surface area contributed by atoms with E-state index >= 15 is 0 Å². The van der Waals surface area contributed by atoms with Crippen LogP contribution in [0.3, 0.4) is 0 Å². The van der Waals surface area contributed by atoms with Crippen LogP contribution in [-0.4, -0.2) is 32.0 Å². The van der Waals surface area contributed by atoms with Crippen molar-refractivity contribution >= 4 is 11.8 Å². The number of aryl methyl sites for hydroxylation is 1. The van der Waals surface area contributed by atoms with Crippen molar-refractivity contribution in [2.24, 2.45) is 0 Å². The minimum absolute atomic E-state index is 0.128. The molecule has 0 fully saturated rings. The largest absolute Gasteiger partial charge is 0.495 e. The van der Waals surface area contributed by atoms with Crippen LogP contribution in [0.4, 0.5) is 0 Å². The van der Waals surface area contributed by atoms with Gasteiger partial charge in [0.15, 0.2) is 16.8 Å². The molecule has 0 aliphatic heterocycles. The number of benzene rings is 3. The Labute approximate surface area is 213 Å². The fourth-order valence-electron chi connectivity index (χ4n) is 3.80. The second-order valence-electron chi connectivity index (χ2n) is 8.00. The maximum Gasteiger partial charge on any atom is 0.239 e. The summed E-state index contributed by atoms with van der Waals surface area (Å²) in [6.45, 7) is 4.00. The van der Waals surface area contributed by atoms with Gasteiger partial charge in [0, 0.05) is 5.56 Å². The van der Waals surface area contributed by atoms with Crippen molar-refractivity contribution < 1.29 is 14.0 Å². The van der Waals surface area contributed by atoms with Crippen LogP contribution in [0.2, 0.25) is 0 Å². The third-order valence-corrected chi connectivity index (χ3v) is 6.56. The van der Waals surface area contributed by atoms with Gasteiger partial charge < -0.3 is 14.0 Å². The highest BCUT2D eigenvalue weighted by atomic mass is 32.2. The average molecular weight is 500 g/mol. The second-order valence-corrected chi connectivity index (χ2v) is 9.30. The van der Waals surface area contributed by atoms with Crippen LogP contribution in [0.1, 0.15) is 29.7 Å². The highest BCUT2D eigenvalue weighted by Crippen LogP contribution is 2.37. The van der Waals surface area contributed by atoms with Crippen LogP contribution in [0.25, 0.3) is 16.8 Å². The Kier molecular flexibility index (Phi) is 6.99. The van der Waals surface area contributed by atoms with E-state index in [9.17, 15) is 0 Å². The lowest BCUT2D eigenvalue weighted by molar-refractivity contribution is 0.293. The lowest BCUT2D eigenvalue weighted by Crippen LogP contribution is -2.08. The molecule has 5 rings (SSSR count). The number of hydrogen-bond donors (Lipinski definition) is 0. The quantitative estimate of drug-likeness (QED) is 0.226. The van der Waals surface area contributed by atoms with Crippen molar-refractivity contribution in [1.82, 2.24) is 24.9 Å². The minimum atomic E-state index is -0.128. The summed E-state index contributed by atoms with van der Waals surface area (Å²) in [7, 11) is 1.64. The van der Waals surface area contributed by atoms with E-state index in [1.165, 1.54) is 11.8 Å². The average Bonchev–Trinajstić information content (AvgIpc) is 3.54. The predicted octanol–water partition coefficient (Wildman–Crippen LogP) is 6.07. The molecule has 2 aromatic heterocycles. The van der Waals surface area contributed by atoms with Crippen molar-refractivity contribution in [2.75, 3.05) is 7.11 Å². The highest BCUT2D eigenvalue weighted by molar-refractivity contribution is 7.99. The molecular weight excluding hydrogens is 474 g/mol. The predicted molar refractivity (Wildman–Crippen MR) is 137 cm³/mol. The molecule has 0 amide bonds. The molecule has 36 heavy (non-hydrogen) atoms. The van der Waals surface area contributed by atoms with Gasteiger partial charge in [-0.3, -0.25) is 4.57 Å². The summed E-state index contributed by atoms with van der Waals surface area (Å²) < 4.78 is 19.3. The summed E-state index contributed by atoms with van der Waals surface area (Å²) in [4.78, 5) is 4.36. The molecule has 8 nitrogen and oxygen atoms in total. The Morgan fingerprint density at radius 1 is 0.917 bits per heavy atom. The number of para-hydroxylation sites is 3. The van der Waals surface area contributed by atoms with Crippen molar-refractivity contribution in [2.45, 2.75) is 30.9 Å². The number of methoxy groups -OCH3 is 1. The highest BCUT2D eigenvalue weighted by Gasteiger charge is 2.23. The zero-order valence-corrected chi connectivity index (χ0v) is 21.0. The van der Waals surface area contributed by atoms with Crippen LogP contribution >= 0.6 is 11.8 Å². The molecule has 0 spiro atoms. The van der Waals surface area contributed by atoms with Gasteiger partial charge in [-0.05, 0) is 37.6 Å². The van der Waals surface area contributed by atoms with E-state index in [-0.39, 0.29) is 11.9 Å². The molecule has 0 bridgehead atoms. The van der Waals surface area contributed by atoms with Crippen molar-refractivity contribution in [3.05, 3.63) is 96.4 Å². The van der Waals surface area contributed by atoms with Gasteiger partial charge in [0.05, 0.1) is 18.0 Å². The number of aromatic nitrogens is 5. The molecule has 9 heteroatoms. The molecule has 0 N–H and O–H groups in total. The van der Waals surface area contributed by atoms with Crippen LogP contribution < -0.4 is 9.47 Å². The van der Waals surface area contributed by atoms with Crippen LogP contribution in [0.5, 0.6) is 11.5 Å². The van der Waals surface area contributed by atoms with Gasteiger partial charge in [-0.2, -0.15) is 4.98 Å². The summed E-state index contributed by atoms with van der Waals surface area (Å²) in [5.41, 5.74) is 2.91. The molecule has 3 aromatic carbocycles. The lowest BCUT2D eigenvalue weighted by atomic mass is 10.1. The number of thioether (sulfide) groups is 1. The van der Waals surface area contributed by atoms with Crippen LogP contribution in [-0.2, 0) is 6.61 Å². The maximum atomic E-state index is 6.31. The third kappa shape index (κ3) is 4.96. The Morgan fingerprint density at radius 3 is 2.39 bits per heavy atom. The first-order valence-corrected chi connectivity index (χ1v) is 12.3. The molecule has 0 unspecified atom stereocenters. The zero-order chi connectivity index (χ0) is 24.9. The minimum Gasteiger partial charge on any atom is -0.495 e. The molecule has 0 saturated carbocycles. The van der Waals surface area contributed by atoms with Gasteiger partial charge in [-0.1, -0.05) is 77.6 Å². The van der Waals surface area contributed by atoms with Gasteiger partial charge >= 0.3 is 0 Å². The first kappa shape index (κ1) is 23.6.